The van der Waals surface area contributed by atoms with Crippen LogP contribution in [0.15, 0.2) is 60.4 Å². The fourth-order valence-electron chi connectivity index (χ4n) is 1.62. The van der Waals surface area contributed by atoms with Crippen molar-refractivity contribution in [3.05, 3.63) is 71.5 Å². The van der Waals surface area contributed by atoms with Crippen LogP contribution < -0.4 is 10.6 Å². The van der Waals surface area contributed by atoms with Gasteiger partial charge >= 0.3 is 12.4 Å². The van der Waals surface area contributed by atoms with Crippen LogP contribution in [-0.4, -0.2) is 23.2 Å². The van der Waals surface area contributed by atoms with E-state index in [1.165, 1.54) is 0 Å². The second-order valence-electron chi connectivity index (χ2n) is 5.64. The zero-order chi connectivity index (χ0) is 24.2. The van der Waals surface area contributed by atoms with Crippen LogP contribution in [0.3, 0.4) is 0 Å². The van der Waals surface area contributed by atoms with Crippen LogP contribution in [0.25, 0.3) is 0 Å². The van der Waals surface area contributed by atoms with E-state index in [4.69, 9.17) is 5.11 Å². The predicted molar refractivity (Wildman–Crippen MR) is 105 cm³/mol. The van der Waals surface area contributed by atoms with E-state index in [1.54, 1.807) is 0 Å². The number of rotatable bonds is 3. The minimum atomic E-state index is -5.42. The van der Waals surface area contributed by atoms with E-state index in [0.29, 0.717) is 0 Å². The van der Waals surface area contributed by atoms with Crippen LogP contribution in [-0.2, 0) is 13.9 Å². The molecule has 0 aliphatic heterocycles. The monoisotopic (exact) mass is 637 g/mol. The summed E-state index contributed by atoms with van der Waals surface area (Å²) in [7, 11) is 0.224. The standard InChI is InChI=1S/2C7H7OP.C5H2F6O2.Eu/c2*1-6-4-2-3-5-7(6)9-8;6-4(7,8)2(12)1-3(13)5(9,10)11;/h2*2-5H,1H3;1,12H;/b;;2-1-;. The van der Waals surface area contributed by atoms with Crippen molar-refractivity contribution in [3.8, 4) is 0 Å². The fraction of sp³-hybridized carbons (Fsp3) is 0.211. The van der Waals surface area contributed by atoms with E-state index in [2.05, 4.69) is 0 Å². The van der Waals surface area contributed by atoms with Gasteiger partial charge in [0.05, 0.1) is 0 Å². The number of hydrogen-bond donors (Lipinski definition) is 1. The summed E-state index contributed by atoms with van der Waals surface area (Å²) < 4.78 is 88.7. The Morgan fingerprint density at radius 2 is 1.12 bits per heavy atom. The van der Waals surface area contributed by atoms with E-state index in [9.17, 15) is 40.3 Å². The molecule has 32 heavy (non-hydrogen) atoms. The summed E-state index contributed by atoms with van der Waals surface area (Å²) in [5.41, 5.74) is 2.16. The minimum absolute atomic E-state index is 0. The maximum Gasteiger partial charge on any atom is 0.454 e. The fourth-order valence-corrected chi connectivity index (χ4v) is 2.35. The topological polar surface area (TPSA) is 71.4 Å². The molecular formula is C19H16EuF6O4P2. The van der Waals surface area contributed by atoms with Gasteiger partial charge in [-0.15, -0.1) is 0 Å². The number of hydrogen-bond acceptors (Lipinski definition) is 4. The van der Waals surface area contributed by atoms with Crippen molar-refractivity contribution in [1.29, 1.82) is 0 Å². The minimum Gasteiger partial charge on any atom is -0.504 e. The number of ketones is 1. The average Bonchev–Trinajstić information content (AvgIpc) is 2.68. The summed E-state index contributed by atoms with van der Waals surface area (Å²) in [5.74, 6) is -5.34. The molecule has 0 unspecified atom stereocenters. The number of aliphatic hydroxyl groups is 1. The van der Waals surface area contributed by atoms with Gasteiger partial charge in [0.1, 0.15) is 0 Å². The third-order valence-electron chi connectivity index (χ3n) is 3.27. The molecule has 0 fully saturated rings. The Hall–Kier alpha value is -0.986. The second-order valence-corrected chi connectivity index (χ2v) is 6.97. The summed E-state index contributed by atoms with van der Waals surface area (Å²) >= 11 is 0. The quantitative estimate of drug-likeness (QED) is 0.196. The van der Waals surface area contributed by atoms with Gasteiger partial charge in [-0.3, -0.25) is 13.9 Å². The molecule has 2 aromatic rings. The number of alkyl halides is 6. The maximum absolute atomic E-state index is 11.4. The molecule has 0 bridgehead atoms. The first kappa shape index (κ1) is 33.2. The van der Waals surface area contributed by atoms with E-state index in [-0.39, 0.29) is 66.3 Å². The Morgan fingerprint density at radius 3 is 1.34 bits per heavy atom. The maximum atomic E-state index is 11.4. The number of aliphatic hydroxyl groups excluding tert-OH is 1. The largest absolute Gasteiger partial charge is 0.504 e. The molecule has 175 valence electrons. The first-order valence-electron chi connectivity index (χ1n) is 8.11. The number of halogens is 6. The van der Waals surface area contributed by atoms with Gasteiger partial charge in [-0.25, -0.2) is 0 Å². The molecule has 0 aromatic heterocycles. The molecule has 0 aliphatic carbocycles. The first-order valence-corrected chi connectivity index (χ1v) is 9.73. The third-order valence-corrected chi connectivity index (χ3v) is 4.66. The van der Waals surface area contributed by atoms with Gasteiger partial charge in [-0.05, 0) is 37.1 Å². The van der Waals surface area contributed by atoms with E-state index in [1.807, 2.05) is 62.4 Å². The van der Waals surface area contributed by atoms with Gasteiger partial charge in [0.2, 0.25) is 5.76 Å². The molecule has 13 heteroatoms. The van der Waals surface area contributed by atoms with Gasteiger partial charge in [-0.1, -0.05) is 36.4 Å². The molecule has 2 aromatic carbocycles. The number of carbonyl (C=O) groups is 1. The summed E-state index contributed by atoms with van der Waals surface area (Å²) in [5, 5.41) is 9.68. The van der Waals surface area contributed by atoms with Crippen molar-refractivity contribution >= 4 is 33.3 Å². The Morgan fingerprint density at radius 1 is 0.781 bits per heavy atom. The number of aryl methyl sites for hydroxylation is 2. The van der Waals surface area contributed by atoms with Crippen molar-refractivity contribution in [2.24, 2.45) is 0 Å². The Bertz CT molecular complexity index is 881. The molecule has 1 radical (unpaired) electrons. The van der Waals surface area contributed by atoms with Crippen molar-refractivity contribution in [2.45, 2.75) is 26.2 Å². The average molecular weight is 636 g/mol. The number of benzene rings is 2. The molecule has 1 N–H and O–H groups in total. The van der Waals surface area contributed by atoms with Gasteiger partial charge in [0, 0.05) is 66.1 Å². The molecule has 0 atom stereocenters. The van der Waals surface area contributed by atoms with Crippen LogP contribution in [0.1, 0.15) is 11.1 Å². The smallest absolute Gasteiger partial charge is 0.454 e. The van der Waals surface area contributed by atoms with Crippen LogP contribution in [0, 0.1) is 63.2 Å². The molecule has 0 amide bonds. The van der Waals surface area contributed by atoms with E-state index in [0.717, 1.165) is 21.7 Å². The van der Waals surface area contributed by atoms with Gasteiger partial charge in [-0.2, -0.15) is 26.3 Å². The number of allylic oxidation sites excluding steroid dienone is 2. The van der Waals surface area contributed by atoms with Crippen molar-refractivity contribution < 1.29 is 94.8 Å². The molecule has 0 aliphatic rings. The zero-order valence-corrected chi connectivity index (χ0v) is 20.6. The molecule has 0 saturated carbocycles. The Balaban J connectivity index is 0. The van der Waals surface area contributed by atoms with Crippen LogP contribution in [0.2, 0.25) is 0 Å². The second kappa shape index (κ2) is 15.8. The summed E-state index contributed by atoms with van der Waals surface area (Å²) in [4.78, 5) is 9.86. The van der Waals surface area contributed by atoms with E-state index >= 15 is 0 Å². The molecule has 4 nitrogen and oxygen atoms in total. The third kappa shape index (κ3) is 13.5. The van der Waals surface area contributed by atoms with Gasteiger partial charge in [0.25, 0.3) is 5.78 Å². The summed E-state index contributed by atoms with van der Waals surface area (Å²) in [6.45, 7) is 3.89. The van der Waals surface area contributed by atoms with Gasteiger partial charge < -0.3 is 5.11 Å². The van der Waals surface area contributed by atoms with Crippen LogP contribution in [0.5, 0.6) is 0 Å². The normalized spacial score (nSPS) is 11.4. The molecule has 0 saturated heterocycles. The molecule has 0 heterocycles. The summed E-state index contributed by atoms with van der Waals surface area (Å²) in [6, 6.07) is 15.2. The molecule has 2 rings (SSSR count). The Kier molecular flexibility index (Phi) is 16.4. The van der Waals surface area contributed by atoms with Crippen molar-refractivity contribution in [3.63, 3.8) is 0 Å². The number of carbonyl (C=O) groups excluding carboxylic acids is 1. The van der Waals surface area contributed by atoms with Crippen LogP contribution >= 0.6 is 16.9 Å². The first-order chi connectivity index (χ1) is 14.2. The van der Waals surface area contributed by atoms with E-state index < -0.39 is 30.0 Å². The SMILES string of the molecule is Cc1ccccc1P=O.Cc1ccccc1P=O.O=C(/C=C(\O)C(F)(F)F)C(F)(F)F.[Eu]. The Labute approximate surface area is 224 Å². The molecular weight excluding hydrogens is 620 g/mol. The zero-order valence-electron chi connectivity index (χ0n) is 16.4. The predicted octanol–water partition coefficient (Wildman–Crippen LogP) is 5.95. The van der Waals surface area contributed by atoms with Crippen LogP contribution in [0.4, 0.5) is 26.3 Å². The summed E-state index contributed by atoms with van der Waals surface area (Å²) in [6.07, 6.45) is -11.7. The van der Waals surface area contributed by atoms with Crippen molar-refractivity contribution in [1.82, 2.24) is 0 Å². The molecule has 0 spiro atoms. The van der Waals surface area contributed by atoms with Crippen molar-refractivity contribution in [2.75, 3.05) is 0 Å². The van der Waals surface area contributed by atoms with Gasteiger partial charge in [0.15, 0.2) is 16.9 Å².